The van der Waals surface area contributed by atoms with E-state index in [0.29, 0.717) is 0 Å². The molecule has 0 fully saturated rings. The zero-order valence-corrected chi connectivity index (χ0v) is 39.2. The Labute approximate surface area is 418 Å². The van der Waals surface area contributed by atoms with Crippen molar-refractivity contribution in [3.63, 3.8) is 0 Å². The average molecular weight is 931 g/mol. The van der Waals surface area contributed by atoms with Crippen LogP contribution in [0.5, 0.6) is 23.0 Å². The summed E-state index contributed by atoms with van der Waals surface area (Å²) in [6, 6.07) is 85.7. The number of rotatable bonds is 4. The van der Waals surface area contributed by atoms with Gasteiger partial charge < -0.3 is 27.7 Å². The number of hydrogen-bond donors (Lipinski definition) is 0. The second-order valence-corrected chi connectivity index (χ2v) is 19.5. The van der Waals surface area contributed by atoms with Crippen molar-refractivity contribution in [1.82, 2.24) is 18.3 Å². The maximum absolute atomic E-state index is 7.41. The second kappa shape index (κ2) is 14.4. The number of fused-ring (bicyclic) bond motifs is 18. The van der Waals surface area contributed by atoms with Crippen LogP contribution < -0.4 is 25.9 Å². The summed E-state index contributed by atoms with van der Waals surface area (Å²) >= 11 is 0. The van der Waals surface area contributed by atoms with Gasteiger partial charge >= 0.3 is 0 Å². The molecule has 338 valence electrons. The Bertz CT molecular complexity index is 4560. The van der Waals surface area contributed by atoms with Crippen LogP contribution in [0.2, 0.25) is 0 Å². The van der Waals surface area contributed by atoms with E-state index in [0.717, 1.165) is 95.0 Å². The van der Waals surface area contributed by atoms with Crippen molar-refractivity contribution in [2.45, 2.75) is 0 Å². The van der Waals surface area contributed by atoms with E-state index in [1.807, 2.05) is 0 Å². The lowest BCUT2D eigenvalue weighted by Crippen LogP contribution is -2.57. The normalized spacial score (nSPS) is 12.8. The van der Waals surface area contributed by atoms with Gasteiger partial charge in [-0.15, -0.1) is 0 Å². The van der Waals surface area contributed by atoms with E-state index in [9.17, 15) is 0 Å². The zero-order chi connectivity index (χ0) is 47.5. The number of benzene rings is 11. The standard InChI is InChI=1S/C66H39BN4O2/c1-3-19-40(20-4-1)68-50-29-13-7-23-42(50)44-35-37-54-60(63(44)68)46-25-9-15-31-52(46)70(54)56-39-57(66-62-65(56)72-58-33-17-11-27-48(58)67(62)49-28-12-18-34-59(49)73-66)71-53-32-16-10-26-47(53)61-55(71)38-36-45-43-24-8-14-30-51(43)69(64(45)61)41-21-5-2-6-22-41/h1-39H. The molecular weight excluding hydrogens is 892 g/mol. The maximum Gasteiger partial charge on any atom is 0.260 e. The van der Waals surface area contributed by atoms with Crippen LogP contribution in [0.15, 0.2) is 237 Å². The van der Waals surface area contributed by atoms with Gasteiger partial charge in [-0.05, 0) is 89.8 Å². The number of ether oxygens (including phenoxy) is 2. The molecule has 73 heavy (non-hydrogen) atoms. The van der Waals surface area contributed by atoms with Crippen LogP contribution >= 0.6 is 0 Å². The number of nitrogens with zero attached hydrogens (tertiary/aromatic N) is 4. The van der Waals surface area contributed by atoms with E-state index in [1.165, 1.54) is 54.4 Å². The predicted molar refractivity (Wildman–Crippen MR) is 301 cm³/mol. The van der Waals surface area contributed by atoms with E-state index in [2.05, 4.69) is 255 Å². The molecule has 0 aliphatic carbocycles. The molecule has 0 N–H and O–H groups in total. The Morgan fingerprint density at radius 2 is 0.658 bits per heavy atom. The van der Waals surface area contributed by atoms with Crippen molar-refractivity contribution < 1.29 is 9.47 Å². The molecule has 0 saturated heterocycles. The van der Waals surface area contributed by atoms with E-state index in [4.69, 9.17) is 9.47 Å². The Hall–Kier alpha value is -9.72. The summed E-state index contributed by atoms with van der Waals surface area (Å²) in [7, 11) is 0. The summed E-state index contributed by atoms with van der Waals surface area (Å²) in [6.45, 7) is -0.167. The lowest BCUT2D eigenvalue weighted by molar-refractivity contribution is 0.462. The molecular formula is C66H39BN4O2. The van der Waals surface area contributed by atoms with Gasteiger partial charge in [-0.1, -0.05) is 158 Å². The summed E-state index contributed by atoms with van der Waals surface area (Å²) in [6.07, 6.45) is 0. The van der Waals surface area contributed by atoms with Gasteiger partial charge in [0.05, 0.1) is 55.5 Å². The number of para-hydroxylation sites is 8. The highest BCUT2D eigenvalue weighted by atomic mass is 16.5. The van der Waals surface area contributed by atoms with Crippen molar-refractivity contribution in [3.8, 4) is 45.7 Å². The van der Waals surface area contributed by atoms with Crippen molar-refractivity contribution in [2.75, 3.05) is 0 Å². The highest BCUT2D eigenvalue weighted by Gasteiger charge is 2.43. The Kier molecular flexibility index (Phi) is 7.73. The van der Waals surface area contributed by atoms with Gasteiger partial charge in [-0.3, -0.25) is 0 Å². The van der Waals surface area contributed by atoms with Crippen LogP contribution in [0, 0.1) is 0 Å². The molecule has 11 aromatic carbocycles. The fraction of sp³-hybridized carbons (Fsp3) is 0. The molecule has 17 rings (SSSR count). The first-order chi connectivity index (χ1) is 36.3. The highest BCUT2D eigenvalue weighted by molar-refractivity contribution is 6.98. The minimum atomic E-state index is -0.167. The van der Waals surface area contributed by atoms with Crippen LogP contribution in [0.3, 0.4) is 0 Å². The van der Waals surface area contributed by atoms with E-state index in [-0.39, 0.29) is 6.71 Å². The van der Waals surface area contributed by atoms with Gasteiger partial charge in [0.25, 0.3) is 6.71 Å². The number of hydrogen-bond acceptors (Lipinski definition) is 2. The van der Waals surface area contributed by atoms with Gasteiger partial charge in [-0.2, -0.15) is 0 Å². The summed E-state index contributed by atoms with van der Waals surface area (Å²) in [4.78, 5) is 0. The third kappa shape index (κ3) is 5.12. The van der Waals surface area contributed by atoms with E-state index >= 15 is 0 Å². The second-order valence-electron chi connectivity index (χ2n) is 19.5. The molecule has 0 amide bonds. The first-order valence-electron chi connectivity index (χ1n) is 25.0. The van der Waals surface area contributed by atoms with Crippen LogP contribution in [0.1, 0.15) is 0 Å². The molecule has 0 unspecified atom stereocenters. The molecule has 0 spiro atoms. The summed E-state index contributed by atoms with van der Waals surface area (Å²) in [5, 5.41) is 9.55. The predicted octanol–water partition coefficient (Wildman–Crippen LogP) is 14.8. The summed E-state index contributed by atoms with van der Waals surface area (Å²) in [5.41, 5.74) is 16.4. The molecule has 6 nitrogen and oxygen atoms in total. The largest absolute Gasteiger partial charge is 0.456 e. The van der Waals surface area contributed by atoms with Gasteiger partial charge in [0.15, 0.2) is 11.5 Å². The first kappa shape index (κ1) is 39.1. The fourth-order valence-corrected chi connectivity index (χ4v) is 13.0. The van der Waals surface area contributed by atoms with Crippen molar-refractivity contribution in [3.05, 3.63) is 237 Å². The van der Waals surface area contributed by atoms with Crippen LogP contribution in [-0.4, -0.2) is 25.0 Å². The fourth-order valence-electron chi connectivity index (χ4n) is 13.0. The molecule has 7 heteroatoms. The van der Waals surface area contributed by atoms with E-state index < -0.39 is 0 Å². The maximum atomic E-state index is 7.41. The highest BCUT2D eigenvalue weighted by Crippen LogP contribution is 2.49. The van der Waals surface area contributed by atoms with Gasteiger partial charge in [0.1, 0.15) is 11.5 Å². The molecule has 2 aliphatic rings. The smallest absolute Gasteiger partial charge is 0.260 e. The monoisotopic (exact) mass is 930 g/mol. The molecule has 0 saturated carbocycles. The van der Waals surface area contributed by atoms with Gasteiger partial charge in [-0.25, -0.2) is 0 Å². The van der Waals surface area contributed by atoms with Crippen LogP contribution in [0.4, 0.5) is 0 Å². The number of aromatic nitrogens is 4. The molecule has 0 radical (unpaired) electrons. The van der Waals surface area contributed by atoms with Crippen molar-refractivity contribution >= 4 is 110 Å². The van der Waals surface area contributed by atoms with Gasteiger partial charge in [0, 0.05) is 59.9 Å². The molecule has 15 aromatic rings. The molecule has 0 atom stereocenters. The van der Waals surface area contributed by atoms with Crippen LogP contribution in [0.25, 0.3) is 110 Å². The van der Waals surface area contributed by atoms with E-state index in [1.54, 1.807) is 0 Å². The van der Waals surface area contributed by atoms with Gasteiger partial charge in [0.2, 0.25) is 0 Å². The molecule has 6 heterocycles. The minimum Gasteiger partial charge on any atom is -0.456 e. The SMILES string of the molecule is c1ccc(-n2c3ccccc3c3ccc4c(c5ccccc5n4-c4cc(-n5c6ccccc6c6c5ccc5c7ccccc7n(-c7ccccc7)c56)c5c6c4Oc4ccccc4B6c4ccccc4O5)c32)cc1. The lowest BCUT2D eigenvalue weighted by Gasteiger charge is -2.35. The molecule has 0 bridgehead atoms. The zero-order valence-electron chi connectivity index (χ0n) is 39.2. The molecule has 4 aromatic heterocycles. The Balaban J connectivity index is 1.06. The van der Waals surface area contributed by atoms with Crippen LogP contribution in [-0.2, 0) is 0 Å². The first-order valence-corrected chi connectivity index (χ1v) is 25.0. The summed E-state index contributed by atoms with van der Waals surface area (Å²) < 4.78 is 24.6. The quantitative estimate of drug-likeness (QED) is 0.165. The van der Waals surface area contributed by atoms with Crippen molar-refractivity contribution in [1.29, 1.82) is 0 Å². The topological polar surface area (TPSA) is 38.2 Å². The Morgan fingerprint density at radius 1 is 0.288 bits per heavy atom. The third-order valence-electron chi connectivity index (χ3n) is 15.9. The lowest BCUT2D eigenvalue weighted by atomic mass is 9.34. The average Bonchev–Trinajstić information content (AvgIpc) is 4.19. The summed E-state index contributed by atoms with van der Waals surface area (Å²) in [5.74, 6) is 3.26. The Morgan fingerprint density at radius 3 is 1.11 bits per heavy atom. The van der Waals surface area contributed by atoms with Crippen molar-refractivity contribution in [2.24, 2.45) is 0 Å². The third-order valence-corrected chi connectivity index (χ3v) is 15.9. The minimum absolute atomic E-state index is 0.167. The molecule has 2 aliphatic heterocycles.